The molecule has 32 heavy (non-hydrogen) atoms. The zero-order chi connectivity index (χ0) is 22.7. The number of halogens is 3. The molecule has 2 heterocycles. The normalized spacial score (nSPS) is 22.4. The molecule has 1 aliphatic heterocycles. The SMILES string of the molecule is CN(C1CCOCC1)[C@@H]1CC[C@H](C(=O)NCc2cc(-n3cnnc3)cc(C(F)(F)F)c2)C1. The summed E-state index contributed by atoms with van der Waals surface area (Å²) < 4.78 is 46.9. The van der Waals surface area contributed by atoms with Crippen LogP contribution in [0.3, 0.4) is 0 Å². The number of aromatic nitrogens is 3. The zero-order valence-electron chi connectivity index (χ0n) is 18.0. The smallest absolute Gasteiger partial charge is 0.381 e. The second kappa shape index (κ2) is 9.58. The average molecular weight is 451 g/mol. The summed E-state index contributed by atoms with van der Waals surface area (Å²) in [6.07, 6.45) is 2.72. The lowest BCUT2D eigenvalue weighted by molar-refractivity contribution is -0.137. The minimum absolute atomic E-state index is 0.0366. The Morgan fingerprint density at radius 3 is 2.53 bits per heavy atom. The molecule has 7 nitrogen and oxygen atoms in total. The van der Waals surface area contributed by atoms with E-state index in [-0.39, 0.29) is 18.4 Å². The third-order valence-electron chi connectivity index (χ3n) is 6.61. The van der Waals surface area contributed by atoms with Crippen LogP contribution in [0.4, 0.5) is 13.2 Å². The van der Waals surface area contributed by atoms with E-state index >= 15 is 0 Å². The second-order valence-corrected chi connectivity index (χ2v) is 8.65. The Balaban J connectivity index is 1.38. The lowest BCUT2D eigenvalue weighted by Gasteiger charge is -2.35. The highest BCUT2D eigenvalue weighted by Crippen LogP contribution is 2.33. The van der Waals surface area contributed by atoms with Crippen molar-refractivity contribution in [1.82, 2.24) is 25.0 Å². The van der Waals surface area contributed by atoms with E-state index in [1.807, 2.05) is 0 Å². The maximum absolute atomic E-state index is 13.4. The van der Waals surface area contributed by atoms with Gasteiger partial charge in [-0.25, -0.2) is 0 Å². The zero-order valence-corrected chi connectivity index (χ0v) is 18.0. The first kappa shape index (κ1) is 22.7. The minimum Gasteiger partial charge on any atom is -0.381 e. The summed E-state index contributed by atoms with van der Waals surface area (Å²) in [6.45, 7) is 1.59. The van der Waals surface area contributed by atoms with Crippen LogP contribution in [0.5, 0.6) is 0 Å². The summed E-state index contributed by atoms with van der Waals surface area (Å²) in [4.78, 5) is 15.1. The van der Waals surface area contributed by atoms with Gasteiger partial charge < -0.3 is 15.0 Å². The van der Waals surface area contributed by atoms with Crippen molar-refractivity contribution in [2.45, 2.75) is 56.9 Å². The fourth-order valence-corrected chi connectivity index (χ4v) is 4.71. The molecular formula is C22H28F3N5O2. The van der Waals surface area contributed by atoms with Crippen LogP contribution in [0.15, 0.2) is 30.9 Å². The van der Waals surface area contributed by atoms with E-state index in [1.54, 1.807) is 6.07 Å². The van der Waals surface area contributed by atoms with Crippen LogP contribution in [0.25, 0.3) is 5.69 Å². The monoisotopic (exact) mass is 451 g/mol. The van der Waals surface area contributed by atoms with E-state index in [0.29, 0.717) is 23.3 Å². The molecule has 1 aromatic carbocycles. The van der Waals surface area contributed by atoms with Crippen molar-refractivity contribution in [3.63, 3.8) is 0 Å². The molecule has 1 aliphatic carbocycles. The first-order valence-electron chi connectivity index (χ1n) is 10.9. The number of benzene rings is 1. The molecule has 1 N–H and O–H groups in total. The van der Waals surface area contributed by atoms with Crippen LogP contribution in [-0.4, -0.2) is 57.9 Å². The molecule has 0 bridgehead atoms. The molecule has 0 unspecified atom stereocenters. The molecule has 10 heteroatoms. The van der Waals surface area contributed by atoms with Gasteiger partial charge in [-0.3, -0.25) is 9.36 Å². The first-order valence-corrected chi connectivity index (χ1v) is 10.9. The van der Waals surface area contributed by atoms with Gasteiger partial charge in [-0.2, -0.15) is 13.2 Å². The number of nitrogens with one attached hydrogen (secondary N) is 1. The third-order valence-corrected chi connectivity index (χ3v) is 6.61. The number of hydrogen-bond acceptors (Lipinski definition) is 5. The van der Waals surface area contributed by atoms with Gasteiger partial charge >= 0.3 is 6.18 Å². The topological polar surface area (TPSA) is 72.3 Å². The Morgan fingerprint density at radius 1 is 1.12 bits per heavy atom. The van der Waals surface area contributed by atoms with E-state index in [0.717, 1.165) is 57.5 Å². The number of nitrogens with zero attached hydrogens (tertiary/aromatic N) is 4. The molecule has 1 saturated heterocycles. The Bertz CT molecular complexity index is 913. The quantitative estimate of drug-likeness (QED) is 0.731. The highest BCUT2D eigenvalue weighted by Gasteiger charge is 2.35. The molecule has 4 rings (SSSR count). The van der Waals surface area contributed by atoms with Gasteiger partial charge in [0.15, 0.2) is 0 Å². The predicted molar refractivity (Wildman–Crippen MR) is 111 cm³/mol. The van der Waals surface area contributed by atoms with E-state index in [9.17, 15) is 18.0 Å². The van der Waals surface area contributed by atoms with E-state index in [1.165, 1.54) is 17.2 Å². The molecular weight excluding hydrogens is 423 g/mol. The van der Waals surface area contributed by atoms with Gasteiger partial charge in [0, 0.05) is 43.4 Å². The number of carbonyl (C=O) groups is 1. The minimum atomic E-state index is -4.49. The van der Waals surface area contributed by atoms with Gasteiger partial charge in [0.05, 0.1) is 5.56 Å². The molecule has 1 aromatic heterocycles. The van der Waals surface area contributed by atoms with Gasteiger partial charge in [-0.15, -0.1) is 10.2 Å². The van der Waals surface area contributed by atoms with Gasteiger partial charge in [0.2, 0.25) is 5.91 Å². The van der Waals surface area contributed by atoms with Gasteiger partial charge in [0.1, 0.15) is 12.7 Å². The summed E-state index contributed by atoms with van der Waals surface area (Å²) in [5.74, 6) is -0.221. The van der Waals surface area contributed by atoms with Crippen molar-refractivity contribution in [1.29, 1.82) is 0 Å². The maximum atomic E-state index is 13.4. The van der Waals surface area contributed by atoms with E-state index in [4.69, 9.17) is 4.74 Å². The van der Waals surface area contributed by atoms with Crippen molar-refractivity contribution in [3.8, 4) is 5.69 Å². The van der Waals surface area contributed by atoms with Crippen LogP contribution >= 0.6 is 0 Å². The summed E-state index contributed by atoms with van der Waals surface area (Å²) in [6, 6.07) is 4.56. The Hall–Kier alpha value is -2.46. The molecule has 0 spiro atoms. The number of rotatable bonds is 6. The standard InChI is InChI=1S/C22H28F3N5O2/c1-29(18-4-6-32-7-5-18)19-3-2-16(10-19)21(31)26-12-15-8-17(22(23,24)25)11-20(9-15)30-13-27-28-14-30/h8-9,11,13-14,16,18-19H,2-7,10,12H2,1H3,(H,26,31)/t16-,19+/m0/s1. The Kier molecular flexibility index (Phi) is 6.80. The largest absolute Gasteiger partial charge is 0.416 e. The first-order chi connectivity index (χ1) is 15.3. The number of ether oxygens (including phenoxy) is 1. The molecule has 2 aliphatic rings. The maximum Gasteiger partial charge on any atom is 0.416 e. The summed E-state index contributed by atoms with van der Waals surface area (Å²) >= 11 is 0. The van der Waals surface area contributed by atoms with Gasteiger partial charge in [0.25, 0.3) is 0 Å². The van der Waals surface area contributed by atoms with Crippen molar-refractivity contribution in [2.24, 2.45) is 5.92 Å². The molecule has 2 aromatic rings. The van der Waals surface area contributed by atoms with Crippen molar-refractivity contribution >= 4 is 5.91 Å². The van der Waals surface area contributed by atoms with Crippen molar-refractivity contribution in [2.75, 3.05) is 20.3 Å². The predicted octanol–water partition coefficient (Wildman–Crippen LogP) is 3.18. The van der Waals surface area contributed by atoms with E-state index in [2.05, 4.69) is 27.5 Å². The molecule has 174 valence electrons. The number of alkyl halides is 3. The summed E-state index contributed by atoms with van der Waals surface area (Å²) in [5.41, 5.74) is -0.0918. The number of carbonyl (C=O) groups excluding carboxylic acids is 1. The number of amides is 1. The van der Waals surface area contributed by atoms with Crippen molar-refractivity contribution < 1.29 is 22.7 Å². The molecule has 1 saturated carbocycles. The van der Waals surface area contributed by atoms with Gasteiger partial charge in [-0.05, 0) is 62.9 Å². The average Bonchev–Trinajstić information content (AvgIpc) is 3.49. The Morgan fingerprint density at radius 2 is 1.84 bits per heavy atom. The highest BCUT2D eigenvalue weighted by molar-refractivity contribution is 5.79. The Labute approximate surface area is 184 Å². The molecule has 2 fully saturated rings. The molecule has 1 amide bonds. The summed E-state index contributed by atoms with van der Waals surface area (Å²) in [5, 5.41) is 10.2. The summed E-state index contributed by atoms with van der Waals surface area (Å²) in [7, 11) is 2.12. The molecule has 0 radical (unpaired) electrons. The lowest BCUT2D eigenvalue weighted by Crippen LogP contribution is -2.42. The van der Waals surface area contributed by atoms with Crippen LogP contribution in [0.1, 0.15) is 43.2 Å². The van der Waals surface area contributed by atoms with Crippen LogP contribution in [0.2, 0.25) is 0 Å². The second-order valence-electron chi connectivity index (χ2n) is 8.65. The molecule has 2 atom stereocenters. The number of hydrogen-bond donors (Lipinski definition) is 1. The third kappa shape index (κ3) is 5.29. The van der Waals surface area contributed by atoms with Crippen LogP contribution in [0, 0.1) is 5.92 Å². The lowest BCUT2D eigenvalue weighted by atomic mass is 10.0. The van der Waals surface area contributed by atoms with Crippen LogP contribution < -0.4 is 5.32 Å². The van der Waals surface area contributed by atoms with Crippen LogP contribution in [-0.2, 0) is 22.3 Å². The fourth-order valence-electron chi connectivity index (χ4n) is 4.71. The van der Waals surface area contributed by atoms with E-state index < -0.39 is 11.7 Å². The fraction of sp³-hybridized carbons (Fsp3) is 0.591. The van der Waals surface area contributed by atoms with Gasteiger partial charge in [-0.1, -0.05) is 0 Å². The highest BCUT2D eigenvalue weighted by atomic mass is 19.4. The van der Waals surface area contributed by atoms with Crippen molar-refractivity contribution in [3.05, 3.63) is 42.0 Å².